The van der Waals surface area contributed by atoms with Crippen LogP contribution in [0.3, 0.4) is 0 Å². The molecule has 4 aliphatic heterocycles. The van der Waals surface area contributed by atoms with E-state index in [4.69, 9.17) is 18.9 Å². The number of amides is 1. The predicted octanol–water partition coefficient (Wildman–Crippen LogP) is 4.62. The minimum Gasteiger partial charge on any atom is -0.507 e. The Labute approximate surface area is 373 Å². The summed E-state index contributed by atoms with van der Waals surface area (Å²) in [6.07, 6.45) is 8.77. The Morgan fingerprint density at radius 2 is 1.64 bits per heavy atom. The van der Waals surface area contributed by atoms with Crippen LogP contribution in [0.15, 0.2) is 41.2 Å². The molecule has 2 aromatic carbocycles. The number of allylic oxidation sites excluding steroid dienone is 2. The number of aliphatic hydroxyl groups excluding tert-OH is 3. The summed E-state index contributed by atoms with van der Waals surface area (Å²) in [5.74, 6) is -9.29. The molecule has 17 nitrogen and oxygen atoms in total. The third-order valence-electron chi connectivity index (χ3n) is 13.5. The number of anilines is 1. The lowest BCUT2D eigenvalue weighted by Crippen LogP contribution is -2.48. The average molecular weight is 893 g/mol. The zero-order valence-corrected chi connectivity index (χ0v) is 37.9. The van der Waals surface area contributed by atoms with Crippen molar-refractivity contribution in [1.82, 2.24) is 9.91 Å². The number of rotatable bonds is 6. The number of Topliss-reactive ketones (excluding diaryl/α,β-unsaturated/α-hetero) is 1. The molecule has 5 bridgehead atoms. The number of aromatic hydroxyl groups is 3. The number of nitrogens with zero attached hydrogens (tertiary/aromatic N) is 3. The van der Waals surface area contributed by atoms with Crippen molar-refractivity contribution in [2.24, 2.45) is 28.8 Å². The monoisotopic (exact) mass is 892 g/mol. The van der Waals surface area contributed by atoms with Gasteiger partial charge >= 0.3 is 11.8 Å². The summed E-state index contributed by atoms with van der Waals surface area (Å²) in [6.45, 7) is 12.7. The summed E-state index contributed by atoms with van der Waals surface area (Å²) in [5.41, 5.74) is -0.422. The second kappa shape index (κ2) is 19.9. The highest BCUT2D eigenvalue weighted by Gasteiger charge is 2.50. The zero-order valence-electron chi connectivity index (χ0n) is 37.9. The van der Waals surface area contributed by atoms with Gasteiger partial charge in [-0.25, -0.2) is 0 Å². The van der Waals surface area contributed by atoms with Gasteiger partial charge in [0.15, 0.2) is 5.75 Å². The van der Waals surface area contributed by atoms with E-state index in [2.05, 4.69) is 15.3 Å². The number of ether oxygens (including phenoxy) is 4. The maximum atomic E-state index is 14.5. The molecular weight excluding hydrogens is 829 g/mol. The molecule has 0 aromatic heterocycles. The van der Waals surface area contributed by atoms with Gasteiger partial charge in [-0.3, -0.25) is 24.3 Å². The molecule has 2 fully saturated rings. The van der Waals surface area contributed by atoms with Crippen LogP contribution in [-0.2, 0) is 23.8 Å². The van der Waals surface area contributed by atoms with Gasteiger partial charge in [-0.15, -0.1) is 0 Å². The minimum atomic E-state index is -2.07. The Morgan fingerprint density at radius 1 is 0.969 bits per heavy atom. The molecule has 4 heterocycles. The Balaban J connectivity index is 1.48. The first-order valence-corrected chi connectivity index (χ1v) is 22.1. The van der Waals surface area contributed by atoms with Gasteiger partial charge in [0, 0.05) is 93.4 Å². The molecule has 17 heteroatoms. The Bertz CT molecular complexity index is 2210. The molecular formula is C47H64N4O13. The number of fused-ring (bicyclic) bond motifs is 14. The van der Waals surface area contributed by atoms with Gasteiger partial charge in [-0.1, -0.05) is 51.8 Å². The van der Waals surface area contributed by atoms with Crippen molar-refractivity contribution in [1.29, 1.82) is 0 Å². The molecule has 1 aliphatic carbocycles. The summed E-state index contributed by atoms with van der Waals surface area (Å²) in [5, 5.41) is 78.0. The summed E-state index contributed by atoms with van der Waals surface area (Å²) >= 11 is 0. The molecule has 2 aromatic rings. The summed E-state index contributed by atoms with van der Waals surface area (Å²) < 4.78 is 23.6. The van der Waals surface area contributed by atoms with Gasteiger partial charge in [-0.2, -0.15) is 5.10 Å². The largest absolute Gasteiger partial charge is 0.507 e. The fourth-order valence-electron chi connectivity index (χ4n) is 9.51. The third kappa shape index (κ3) is 9.45. The minimum absolute atomic E-state index is 0.0464. The number of ketones is 1. The highest BCUT2D eigenvalue weighted by molar-refractivity contribution is 6.23. The standard InChI is InChI=1S/C47H64N4O13/c1-24-12-11-13-25(2)46(60)49-37-31(22-48-51-19-17-50(18-20-51)30-14-9-10-15-30)41(57)34-35(42(37)58)40(56)28(5)44-36(34)45(59)47(7,64-44)62-21-16-33(61-8)26(3)43(63-29(6)53)27(4)39(55)32(23-52)38(24)54/h11-13,16,21-22,24,26-27,30,32-33,38-39,43,52,54-58H,9-10,14-15,17-20,23H2,1-8H3,(H,49,60)/b12-11+,21-16+,25-13-,48-22+/t24-,26+,27+,32+,33-,38-,39-,43+,47-/m0/s1. The number of benzene rings is 2. The zero-order chi connectivity index (χ0) is 46.8. The van der Waals surface area contributed by atoms with Crippen LogP contribution >= 0.6 is 0 Å². The Kier molecular flexibility index (Phi) is 15.0. The van der Waals surface area contributed by atoms with E-state index in [0.717, 1.165) is 13.1 Å². The van der Waals surface area contributed by atoms with Gasteiger partial charge in [0.05, 0.1) is 59.6 Å². The number of carbonyl (C=O) groups is 3. The number of phenolic OH excluding ortho intramolecular Hbond substituents is 3. The van der Waals surface area contributed by atoms with Crippen molar-refractivity contribution < 1.29 is 64.0 Å². The van der Waals surface area contributed by atoms with E-state index in [0.29, 0.717) is 19.1 Å². The maximum absolute atomic E-state index is 14.5. The van der Waals surface area contributed by atoms with Crippen LogP contribution in [0, 0.1) is 30.6 Å². The predicted molar refractivity (Wildman–Crippen MR) is 238 cm³/mol. The Morgan fingerprint density at radius 3 is 2.27 bits per heavy atom. The van der Waals surface area contributed by atoms with Gasteiger partial charge in [0.1, 0.15) is 23.4 Å². The van der Waals surface area contributed by atoms with E-state index in [-0.39, 0.29) is 44.5 Å². The third-order valence-corrected chi connectivity index (χ3v) is 13.5. The van der Waals surface area contributed by atoms with Crippen LogP contribution in [0.2, 0.25) is 0 Å². The van der Waals surface area contributed by atoms with Crippen molar-refractivity contribution in [2.75, 3.05) is 45.2 Å². The lowest BCUT2D eigenvalue weighted by atomic mass is 9.78. The number of phenols is 3. The molecule has 1 amide bonds. The van der Waals surface area contributed by atoms with Crippen LogP contribution < -0.4 is 10.1 Å². The second-order valence-electron chi connectivity index (χ2n) is 17.8. The van der Waals surface area contributed by atoms with Crippen molar-refractivity contribution >= 4 is 40.3 Å². The van der Waals surface area contributed by atoms with Crippen molar-refractivity contribution in [3.63, 3.8) is 0 Å². The smallest absolute Gasteiger partial charge is 0.312 e. The van der Waals surface area contributed by atoms with E-state index in [1.54, 1.807) is 26.8 Å². The fraction of sp³-hybridized carbons (Fsp3) is 0.574. The molecule has 64 heavy (non-hydrogen) atoms. The lowest BCUT2D eigenvalue weighted by Gasteiger charge is -2.38. The number of hydrogen-bond donors (Lipinski definition) is 7. The number of esters is 1. The van der Waals surface area contributed by atoms with Gasteiger partial charge in [0.25, 0.3) is 11.7 Å². The number of carbonyl (C=O) groups excluding carboxylic acids is 3. The second-order valence-corrected chi connectivity index (χ2v) is 17.8. The van der Waals surface area contributed by atoms with Crippen LogP contribution in [-0.4, -0.2) is 141 Å². The number of hydrogen-bond acceptors (Lipinski definition) is 16. The van der Waals surface area contributed by atoms with Crippen molar-refractivity contribution in [3.8, 4) is 23.0 Å². The van der Waals surface area contributed by atoms with Crippen LogP contribution in [0.25, 0.3) is 10.8 Å². The van der Waals surface area contributed by atoms with E-state index >= 15 is 0 Å². The van der Waals surface area contributed by atoms with Crippen LogP contribution in [0.1, 0.15) is 88.7 Å². The molecule has 5 aliphatic rings. The number of methoxy groups -OCH3 is 1. The summed E-state index contributed by atoms with van der Waals surface area (Å²) in [7, 11) is 1.41. The SMILES string of the molecule is CO[C@H]1/C=C/O[C@@]2(C)Oc3c(C)c(O)c4c(O)c(c(/C=N/N5CCN(C6CCCC6)CC5)c(O)c4c3C2=O)NC(=O)/C(C)=C\C=C\[C@H](C)[C@H](O)[C@@H](CO)[C@@H](O)[C@@H](C)[C@H](OC(C)=O)[C@@H]1C. The first-order chi connectivity index (χ1) is 30.3. The highest BCUT2D eigenvalue weighted by atomic mass is 16.7. The summed E-state index contributed by atoms with van der Waals surface area (Å²) in [6, 6.07) is 0.543. The van der Waals surface area contributed by atoms with Crippen LogP contribution in [0.4, 0.5) is 5.69 Å². The molecule has 0 unspecified atom stereocenters. The molecule has 350 valence electrons. The average Bonchev–Trinajstić information content (AvgIpc) is 3.90. The first-order valence-electron chi connectivity index (χ1n) is 22.1. The molecule has 1 saturated heterocycles. The van der Waals surface area contributed by atoms with Crippen molar-refractivity contribution in [2.45, 2.75) is 110 Å². The molecule has 9 atom stereocenters. The number of nitrogens with one attached hydrogen (secondary N) is 1. The number of hydrazone groups is 1. The quantitative estimate of drug-likeness (QED) is 0.0907. The van der Waals surface area contributed by atoms with E-state index in [9.17, 15) is 45.0 Å². The molecule has 7 N–H and O–H groups in total. The van der Waals surface area contributed by atoms with Gasteiger partial charge in [-0.05, 0) is 32.8 Å². The molecule has 0 radical (unpaired) electrons. The van der Waals surface area contributed by atoms with Crippen LogP contribution in [0.5, 0.6) is 23.0 Å². The molecule has 0 spiro atoms. The Hall–Kier alpha value is -5.20. The highest BCUT2D eigenvalue weighted by Crippen LogP contribution is 2.55. The summed E-state index contributed by atoms with van der Waals surface area (Å²) in [4.78, 5) is 43.3. The lowest BCUT2D eigenvalue weighted by molar-refractivity contribution is -0.161. The van der Waals surface area contributed by atoms with E-state index in [1.807, 2.05) is 5.01 Å². The molecule has 1 saturated carbocycles. The van der Waals surface area contributed by atoms with Gasteiger partial charge in [0.2, 0.25) is 0 Å². The first kappa shape index (κ1) is 48.3. The maximum Gasteiger partial charge on any atom is 0.312 e. The fourth-order valence-corrected chi connectivity index (χ4v) is 9.51. The number of piperazine rings is 1. The number of aliphatic hydroxyl groups is 3. The normalized spacial score (nSPS) is 32.0. The van der Waals surface area contributed by atoms with Crippen molar-refractivity contribution in [3.05, 3.63) is 52.8 Å². The topological polar surface area (TPSA) is 240 Å². The van der Waals surface area contributed by atoms with E-state index in [1.165, 1.54) is 91.2 Å². The van der Waals surface area contributed by atoms with E-state index < -0.39 is 95.4 Å². The molecule has 7 rings (SSSR count). The van der Waals surface area contributed by atoms with Gasteiger partial charge < -0.3 is 54.9 Å².